The van der Waals surface area contributed by atoms with Gasteiger partial charge < -0.3 is 4.55 Å². The van der Waals surface area contributed by atoms with Gasteiger partial charge in [-0.15, -0.1) is 0 Å². The minimum atomic E-state index is -1.08. The number of carbonyl (C=O) groups excluding carboxylic acids is 1. The lowest BCUT2D eigenvalue weighted by Crippen LogP contribution is -2.42. The van der Waals surface area contributed by atoms with Crippen LogP contribution in [-0.2, 0) is 16.0 Å². The van der Waals surface area contributed by atoms with Crippen LogP contribution in [-0.4, -0.2) is 21.9 Å². The Morgan fingerprint density at radius 2 is 2.00 bits per heavy atom. The maximum absolute atomic E-state index is 12.5. The number of hydrazone groups is 1. The third kappa shape index (κ3) is 2.62. The van der Waals surface area contributed by atoms with E-state index in [1.807, 2.05) is 25.1 Å². The Balaban J connectivity index is 1.83. The van der Waals surface area contributed by atoms with E-state index in [-0.39, 0.29) is 11.8 Å². The van der Waals surface area contributed by atoms with Gasteiger partial charge in [0, 0.05) is 11.4 Å². The fourth-order valence-corrected chi connectivity index (χ4v) is 4.73. The van der Waals surface area contributed by atoms with Crippen LogP contribution in [0.4, 0.5) is 5.69 Å². The monoisotopic (exact) mass is 358 g/mol. The van der Waals surface area contributed by atoms with E-state index in [4.69, 9.17) is 11.6 Å². The average molecular weight is 359 g/mol. The van der Waals surface area contributed by atoms with Crippen molar-refractivity contribution < 1.29 is 9.35 Å². The van der Waals surface area contributed by atoms with E-state index in [0.29, 0.717) is 22.9 Å². The predicted molar refractivity (Wildman–Crippen MR) is 96.0 cm³/mol. The van der Waals surface area contributed by atoms with Crippen LogP contribution < -0.4 is 5.01 Å². The van der Waals surface area contributed by atoms with Crippen LogP contribution in [0.1, 0.15) is 17.5 Å². The summed E-state index contributed by atoms with van der Waals surface area (Å²) < 4.78 is 12.5. The molecule has 2 heterocycles. The molecular formula is C18H15ClN2O2S. The van der Waals surface area contributed by atoms with Crippen molar-refractivity contribution in [3.8, 4) is 0 Å². The van der Waals surface area contributed by atoms with Gasteiger partial charge in [0.05, 0.1) is 22.9 Å². The summed E-state index contributed by atoms with van der Waals surface area (Å²) in [5, 5.41) is 6.67. The molecule has 2 atom stereocenters. The zero-order valence-corrected chi connectivity index (χ0v) is 14.6. The molecule has 0 fully saturated rings. The molecule has 0 radical (unpaired) electrons. The number of nitrogens with zero attached hydrogens (tertiary/aromatic N) is 2. The smallest absolute Gasteiger partial charge is 0.248 e. The molecule has 2 aromatic rings. The lowest BCUT2D eigenvalue weighted by Gasteiger charge is -2.33. The highest BCUT2D eigenvalue weighted by Crippen LogP contribution is 2.35. The highest BCUT2D eigenvalue weighted by atomic mass is 35.5. The molecule has 0 saturated heterocycles. The van der Waals surface area contributed by atoms with Crippen LogP contribution >= 0.6 is 11.6 Å². The third-order valence-corrected chi connectivity index (χ3v) is 6.14. The number of amides is 1. The summed E-state index contributed by atoms with van der Waals surface area (Å²) in [6.07, 6.45) is 0.320. The SMILES string of the molecule is Cc1ccc2c(c1)C1=NN(c3ccc(Cl)cc3)C(=O)CC1C[S+]2[O-]. The summed E-state index contributed by atoms with van der Waals surface area (Å²) in [5.41, 5.74) is 3.53. The quantitative estimate of drug-likeness (QED) is 0.732. The number of fused-ring (bicyclic) bond motifs is 3. The van der Waals surface area contributed by atoms with Crippen LogP contribution in [0.15, 0.2) is 52.5 Å². The van der Waals surface area contributed by atoms with Gasteiger partial charge >= 0.3 is 0 Å². The molecule has 2 aliphatic heterocycles. The van der Waals surface area contributed by atoms with Gasteiger partial charge in [-0.2, -0.15) is 5.10 Å². The molecule has 6 heteroatoms. The van der Waals surface area contributed by atoms with Crippen molar-refractivity contribution in [2.45, 2.75) is 18.2 Å². The number of rotatable bonds is 1. The van der Waals surface area contributed by atoms with E-state index in [1.165, 1.54) is 5.01 Å². The number of halogens is 1. The fraction of sp³-hybridized carbons (Fsp3) is 0.222. The van der Waals surface area contributed by atoms with Crippen molar-refractivity contribution >= 4 is 40.1 Å². The molecule has 0 saturated carbocycles. The van der Waals surface area contributed by atoms with Crippen molar-refractivity contribution in [3.63, 3.8) is 0 Å². The van der Waals surface area contributed by atoms with Gasteiger partial charge in [0.2, 0.25) is 5.91 Å². The van der Waals surface area contributed by atoms with Crippen LogP contribution in [0.5, 0.6) is 0 Å². The number of aryl methyl sites for hydroxylation is 1. The normalized spacial score (nSPS) is 22.7. The van der Waals surface area contributed by atoms with E-state index in [1.54, 1.807) is 24.3 Å². The standard InChI is InChI=1S/C18H15ClN2O2S/c1-11-2-7-16-15(8-11)18-12(10-24(16)23)9-17(22)21(20-18)14-5-3-13(19)4-6-14/h2-8,12H,9-10H2,1H3. The highest BCUT2D eigenvalue weighted by Gasteiger charge is 2.40. The van der Waals surface area contributed by atoms with Crippen LogP contribution in [0.3, 0.4) is 0 Å². The number of anilines is 1. The first-order chi connectivity index (χ1) is 11.5. The maximum atomic E-state index is 12.5. The molecule has 0 bridgehead atoms. The summed E-state index contributed by atoms with van der Waals surface area (Å²) in [4.78, 5) is 13.3. The van der Waals surface area contributed by atoms with E-state index in [0.717, 1.165) is 21.7 Å². The van der Waals surface area contributed by atoms with E-state index in [9.17, 15) is 9.35 Å². The Morgan fingerprint density at radius 3 is 2.75 bits per heavy atom. The molecule has 4 nitrogen and oxygen atoms in total. The first-order valence-electron chi connectivity index (χ1n) is 7.69. The zero-order chi connectivity index (χ0) is 16.8. The molecule has 0 aromatic heterocycles. The molecule has 24 heavy (non-hydrogen) atoms. The van der Waals surface area contributed by atoms with E-state index in [2.05, 4.69) is 5.10 Å². The largest absolute Gasteiger partial charge is 0.611 e. The molecule has 2 unspecified atom stereocenters. The van der Waals surface area contributed by atoms with Gasteiger partial charge in [-0.1, -0.05) is 23.2 Å². The molecule has 2 aromatic carbocycles. The molecule has 0 spiro atoms. The number of hydrogen-bond donors (Lipinski definition) is 0. The van der Waals surface area contributed by atoms with Crippen LogP contribution in [0, 0.1) is 12.8 Å². The van der Waals surface area contributed by atoms with Crippen LogP contribution in [0.25, 0.3) is 0 Å². The molecular weight excluding hydrogens is 344 g/mol. The summed E-state index contributed by atoms with van der Waals surface area (Å²) in [6, 6.07) is 12.9. The van der Waals surface area contributed by atoms with Crippen molar-refractivity contribution in [2.24, 2.45) is 11.0 Å². The first kappa shape index (κ1) is 15.7. The molecule has 4 rings (SSSR count). The Labute approximate surface area is 148 Å². The Morgan fingerprint density at radius 1 is 1.25 bits per heavy atom. The summed E-state index contributed by atoms with van der Waals surface area (Å²) in [7, 11) is 0. The highest BCUT2D eigenvalue weighted by molar-refractivity contribution is 7.91. The maximum Gasteiger partial charge on any atom is 0.248 e. The minimum absolute atomic E-state index is 0.0841. The van der Waals surface area contributed by atoms with Gasteiger partial charge in [0.1, 0.15) is 5.75 Å². The van der Waals surface area contributed by atoms with Gasteiger partial charge in [0.15, 0.2) is 4.90 Å². The lowest BCUT2D eigenvalue weighted by atomic mass is 9.92. The predicted octanol–water partition coefficient (Wildman–Crippen LogP) is 3.53. The first-order valence-corrected chi connectivity index (χ1v) is 9.39. The van der Waals surface area contributed by atoms with Gasteiger partial charge in [-0.05, 0) is 54.5 Å². The minimum Gasteiger partial charge on any atom is -0.611 e. The van der Waals surface area contributed by atoms with E-state index >= 15 is 0 Å². The van der Waals surface area contributed by atoms with E-state index < -0.39 is 11.2 Å². The average Bonchev–Trinajstić information content (AvgIpc) is 2.55. The summed E-state index contributed by atoms with van der Waals surface area (Å²) in [5.74, 6) is 0.283. The summed E-state index contributed by atoms with van der Waals surface area (Å²) >= 11 is 4.84. The van der Waals surface area contributed by atoms with Crippen LogP contribution in [0.2, 0.25) is 5.02 Å². The second kappa shape index (κ2) is 5.92. The number of carbonyl (C=O) groups is 1. The lowest BCUT2D eigenvalue weighted by molar-refractivity contribution is -0.119. The van der Waals surface area contributed by atoms with Gasteiger partial charge in [-0.3, -0.25) is 4.79 Å². The third-order valence-electron chi connectivity index (χ3n) is 4.33. The second-order valence-corrected chi connectivity index (χ2v) is 7.98. The topological polar surface area (TPSA) is 55.7 Å². The second-order valence-electron chi connectivity index (χ2n) is 6.08. The molecule has 0 N–H and O–H groups in total. The van der Waals surface area contributed by atoms with Gasteiger partial charge in [-0.25, -0.2) is 5.01 Å². The molecule has 1 amide bonds. The van der Waals surface area contributed by atoms with Crippen molar-refractivity contribution in [3.05, 3.63) is 58.6 Å². The van der Waals surface area contributed by atoms with Crippen molar-refractivity contribution in [1.29, 1.82) is 0 Å². The molecule has 2 aliphatic rings. The zero-order valence-electron chi connectivity index (χ0n) is 13.0. The fourth-order valence-electron chi connectivity index (χ4n) is 3.15. The van der Waals surface area contributed by atoms with Gasteiger partial charge in [0.25, 0.3) is 0 Å². The summed E-state index contributed by atoms with van der Waals surface area (Å²) in [6.45, 7) is 2.00. The van der Waals surface area contributed by atoms with Crippen molar-refractivity contribution in [2.75, 3.05) is 10.8 Å². The molecule has 0 aliphatic carbocycles. The van der Waals surface area contributed by atoms with Crippen molar-refractivity contribution in [1.82, 2.24) is 0 Å². The molecule has 122 valence electrons. The Bertz CT molecular complexity index is 851. The number of hydrogen-bond acceptors (Lipinski definition) is 3. The Kier molecular flexibility index (Phi) is 3.87. The Hall–Kier alpha value is -1.82. The number of benzene rings is 2.